The normalized spacial score (nSPS) is 12.0. The van der Waals surface area contributed by atoms with E-state index in [0.29, 0.717) is 10.7 Å². The number of aryl methyl sites for hydroxylation is 1. The number of benzene rings is 2. The molecule has 3 aromatic rings. The summed E-state index contributed by atoms with van der Waals surface area (Å²) in [6, 6.07) is 13.4. The fourth-order valence-electron chi connectivity index (χ4n) is 2.94. The van der Waals surface area contributed by atoms with Crippen LogP contribution in [0, 0.1) is 6.92 Å². The van der Waals surface area contributed by atoms with E-state index in [1.165, 1.54) is 11.3 Å². The Balaban J connectivity index is 1.85. The van der Waals surface area contributed by atoms with Crippen LogP contribution in [0.5, 0.6) is 0 Å². The molecular weight excluding hydrogens is 358 g/mol. The van der Waals surface area contributed by atoms with Crippen molar-refractivity contribution in [3.63, 3.8) is 0 Å². The fourth-order valence-corrected chi connectivity index (χ4v) is 3.62. The molecule has 0 aliphatic carbocycles. The van der Waals surface area contributed by atoms with Gasteiger partial charge in [0.2, 0.25) is 5.91 Å². The summed E-state index contributed by atoms with van der Waals surface area (Å²) in [6.07, 6.45) is 2.48. The molecule has 5 nitrogen and oxygen atoms in total. The van der Waals surface area contributed by atoms with E-state index in [0.717, 1.165) is 22.1 Å². The van der Waals surface area contributed by atoms with Crippen molar-refractivity contribution in [3.05, 3.63) is 59.1 Å². The maximum atomic E-state index is 13.3. The zero-order valence-electron chi connectivity index (χ0n) is 15.7. The summed E-state index contributed by atoms with van der Waals surface area (Å²) in [5, 5.41) is 5.25. The van der Waals surface area contributed by atoms with Gasteiger partial charge < -0.3 is 10.2 Å². The second kappa shape index (κ2) is 8.31. The minimum atomic E-state index is -0.238. The van der Waals surface area contributed by atoms with Crippen LogP contribution in [0.3, 0.4) is 0 Å². The van der Waals surface area contributed by atoms with Gasteiger partial charge in [0.15, 0.2) is 5.13 Å². The zero-order chi connectivity index (χ0) is 19.4. The monoisotopic (exact) mass is 381 g/mol. The number of thiazole rings is 1. The average molecular weight is 382 g/mol. The number of hydrogen-bond donors (Lipinski definition) is 1. The average Bonchev–Trinajstić information content (AvgIpc) is 3.09. The molecule has 1 atom stereocenters. The van der Waals surface area contributed by atoms with Gasteiger partial charge in [0.05, 0.1) is 0 Å². The number of aromatic nitrogens is 1. The molecule has 0 spiro atoms. The lowest BCUT2D eigenvalue weighted by Gasteiger charge is -2.28. The van der Waals surface area contributed by atoms with Crippen molar-refractivity contribution in [2.45, 2.75) is 33.2 Å². The summed E-state index contributed by atoms with van der Waals surface area (Å²) >= 11 is 1.42. The summed E-state index contributed by atoms with van der Waals surface area (Å²) in [7, 11) is 0. The van der Waals surface area contributed by atoms with Gasteiger partial charge in [-0.1, -0.05) is 43.3 Å². The molecule has 1 N–H and O–H groups in total. The Labute approximate surface area is 163 Å². The Kier molecular flexibility index (Phi) is 5.86. The second-order valence-electron chi connectivity index (χ2n) is 6.54. The summed E-state index contributed by atoms with van der Waals surface area (Å²) < 4.78 is 0. The highest BCUT2D eigenvalue weighted by Crippen LogP contribution is 2.22. The van der Waals surface area contributed by atoms with Gasteiger partial charge in [-0.15, -0.1) is 11.3 Å². The highest BCUT2D eigenvalue weighted by Gasteiger charge is 2.24. The van der Waals surface area contributed by atoms with Crippen LogP contribution >= 0.6 is 11.3 Å². The largest absolute Gasteiger partial charge is 0.327 e. The molecular formula is C21H23N3O2S. The molecule has 27 heavy (non-hydrogen) atoms. The second-order valence-corrected chi connectivity index (χ2v) is 7.78. The van der Waals surface area contributed by atoms with Crippen LogP contribution in [0.25, 0.3) is 10.8 Å². The zero-order valence-corrected chi connectivity index (χ0v) is 16.5. The quantitative estimate of drug-likeness (QED) is 0.684. The first-order valence-electron chi connectivity index (χ1n) is 9.00. The Bertz CT molecular complexity index is 961. The summed E-state index contributed by atoms with van der Waals surface area (Å²) in [4.78, 5) is 32.6. The Hall–Kier alpha value is -2.73. The first kappa shape index (κ1) is 19.0. The minimum absolute atomic E-state index is 0.00428. The third-order valence-electron chi connectivity index (χ3n) is 4.59. The van der Waals surface area contributed by atoms with E-state index in [1.807, 2.05) is 63.2 Å². The van der Waals surface area contributed by atoms with E-state index in [1.54, 1.807) is 11.1 Å². The topological polar surface area (TPSA) is 62.3 Å². The summed E-state index contributed by atoms with van der Waals surface area (Å²) in [6.45, 7) is 5.90. The Morgan fingerprint density at radius 3 is 2.63 bits per heavy atom. The molecule has 1 aromatic heterocycles. The van der Waals surface area contributed by atoms with Gasteiger partial charge in [-0.2, -0.15) is 0 Å². The van der Waals surface area contributed by atoms with Crippen molar-refractivity contribution in [2.75, 3.05) is 11.9 Å². The number of amides is 2. The molecule has 2 aromatic carbocycles. The van der Waals surface area contributed by atoms with Crippen molar-refractivity contribution >= 4 is 39.1 Å². The number of anilines is 1. The van der Waals surface area contributed by atoms with Crippen molar-refractivity contribution in [1.29, 1.82) is 0 Å². The molecule has 0 aliphatic rings. The molecule has 0 unspecified atom stereocenters. The molecule has 2 amide bonds. The van der Waals surface area contributed by atoms with E-state index in [4.69, 9.17) is 0 Å². The van der Waals surface area contributed by atoms with Gasteiger partial charge in [0.25, 0.3) is 5.91 Å². The summed E-state index contributed by atoms with van der Waals surface area (Å²) in [5.41, 5.74) is 0.617. The number of carbonyl (C=O) groups excluding carboxylic acids is 2. The number of nitrogens with one attached hydrogen (secondary N) is 1. The predicted octanol–water partition coefficient (Wildman–Crippen LogP) is 4.48. The molecule has 3 rings (SSSR count). The third kappa shape index (κ3) is 4.34. The first-order chi connectivity index (χ1) is 13.0. The van der Waals surface area contributed by atoms with Crippen molar-refractivity contribution < 1.29 is 9.59 Å². The van der Waals surface area contributed by atoms with Crippen LogP contribution in [0.2, 0.25) is 0 Å². The first-order valence-corrected chi connectivity index (χ1v) is 9.82. The molecule has 1 heterocycles. The molecule has 0 radical (unpaired) electrons. The maximum absolute atomic E-state index is 13.3. The lowest BCUT2D eigenvalue weighted by Crippen LogP contribution is -2.43. The highest BCUT2D eigenvalue weighted by molar-refractivity contribution is 7.15. The van der Waals surface area contributed by atoms with Crippen LogP contribution < -0.4 is 5.32 Å². The predicted molar refractivity (Wildman–Crippen MR) is 110 cm³/mol. The smallest absolute Gasteiger partial charge is 0.255 e. The van der Waals surface area contributed by atoms with Crippen molar-refractivity contribution in [2.24, 2.45) is 0 Å². The van der Waals surface area contributed by atoms with Crippen molar-refractivity contribution in [1.82, 2.24) is 9.88 Å². The minimum Gasteiger partial charge on any atom is -0.327 e. The van der Waals surface area contributed by atoms with Crippen LogP contribution in [0.15, 0.2) is 48.7 Å². The van der Waals surface area contributed by atoms with E-state index in [2.05, 4.69) is 10.3 Å². The molecule has 6 heteroatoms. The van der Waals surface area contributed by atoms with E-state index < -0.39 is 0 Å². The number of fused-ring (bicyclic) bond motifs is 1. The fraction of sp³-hybridized carbons (Fsp3) is 0.286. The third-order valence-corrected chi connectivity index (χ3v) is 5.41. The number of carbonyl (C=O) groups is 2. The number of nitrogens with zero attached hydrogens (tertiary/aromatic N) is 2. The molecule has 140 valence electrons. The van der Waals surface area contributed by atoms with Crippen molar-refractivity contribution in [3.8, 4) is 0 Å². The van der Waals surface area contributed by atoms with Gasteiger partial charge in [0.1, 0.15) is 6.54 Å². The van der Waals surface area contributed by atoms with Gasteiger partial charge in [-0.25, -0.2) is 4.98 Å². The SMILES string of the molecule is CC[C@H](C)N(CC(=O)Nc1ncc(C)s1)C(=O)c1cccc2ccccc12. The van der Waals surface area contributed by atoms with E-state index in [9.17, 15) is 9.59 Å². The molecule has 0 saturated carbocycles. The molecule has 0 fully saturated rings. The number of rotatable bonds is 6. The molecule has 0 aliphatic heterocycles. The van der Waals surface area contributed by atoms with Crippen LogP contribution in [0.1, 0.15) is 35.5 Å². The highest BCUT2D eigenvalue weighted by atomic mass is 32.1. The van der Waals surface area contributed by atoms with Crippen LogP contribution in [0.4, 0.5) is 5.13 Å². The molecule has 0 saturated heterocycles. The lowest BCUT2D eigenvalue weighted by molar-refractivity contribution is -0.117. The molecule has 0 bridgehead atoms. The standard InChI is InChI=1S/C21H23N3O2S/c1-4-14(2)24(13-19(25)23-21-22-12-15(3)27-21)20(26)18-11-7-9-16-8-5-6-10-17(16)18/h5-12,14H,4,13H2,1-3H3,(H,22,23,25)/t14-/m0/s1. The van der Waals surface area contributed by atoms with Crippen LogP contribution in [-0.4, -0.2) is 34.3 Å². The van der Waals surface area contributed by atoms with Gasteiger partial charge in [-0.05, 0) is 37.1 Å². The summed E-state index contributed by atoms with van der Waals surface area (Å²) in [5.74, 6) is -0.371. The van der Waals surface area contributed by atoms with Gasteiger partial charge >= 0.3 is 0 Å². The Morgan fingerprint density at radius 2 is 1.93 bits per heavy atom. The number of hydrogen-bond acceptors (Lipinski definition) is 4. The van der Waals surface area contributed by atoms with E-state index in [-0.39, 0.29) is 24.4 Å². The van der Waals surface area contributed by atoms with Gasteiger partial charge in [-0.3, -0.25) is 9.59 Å². The maximum Gasteiger partial charge on any atom is 0.255 e. The Morgan fingerprint density at radius 1 is 1.19 bits per heavy atom. The lowest BCUT2D eigenvalue weighted by atomic mass is 10.0. The van der Waals surface area contributed by atoms with Gasteiger partial charge in [0, 0.05) is 22.7 Å². The van der Waals surface area contributed by atoms with Crippen LogP contribution in [-0.2, 0) is 4.79 Å². The van der Waals surface area contributed by atoms with E-state index >= 15 is 0 Å².